The fraction of sp³-hybridized carbons (Fsp3) is 0. The van der Waals surface area contributed by atoms with Gasteiger partial charge in [-0.1, -0.05) is 12.1 Å². The molecule has 0 heterocycles. The molecule has 1 aromatic carbocycles. The van der Waals surface area contributed by atoms with Gasteiger partial charge >= 0.3 is 19.2 Å². The minimum absolute atomic E-state index is 0.484. The summed E-state index contributed by atoms with van der Waals surface area (Å²) in [7, 11) is -4.64. The standard InChI is InChI=1S/C6H4N2O4.H3O4P/c9-7(10)5-3-1-2-4-6(5)8(11)12;1-5(2,3)4/h1-4H;(H3,1,2,3,4). The summed E-state index contributed by atoms with van der Waals surface area (Å²) in [6, 6.07) is 4.95. The van der Waals surface area contributed by atoms with E-state index < -0.39 is 29.0 Å². The summed E-state index contributed by atoms with van der Waals surface area (Å²) in [6.45, 7) is 0. The number of hydrogen-bond donors (Lipinski definition) is 3. The molecule has 10 nitrogen and oxygen atoms in total. The zero-order valence-electron chi connectivity index (χ0n) is 8.03. The number of nitro groups is 2. The molecule has 94 valence electrons. The van der Waals surface area contributed by atoms with Crippen molar-refractivity contribution in [3.63, 3.8) is 0 Å². The Morgan fingerprint density at radius 1 is 0.941 bits per heavy atom. The highest BCUT2D eigenvalue weighted by molar-refractivity contribution is 7.45. The molecule has 0 aromatic heterocycles. The van der Waals surface area contributed by atoms with Gasteiger partial charge in [-0.25, -0.2) is 4.57 Å². The molecule has 0 aliphatic heterocycles. The van der Waals surface area contributed by atoms with Crippen LogP contribution >= 0.6 is 7.82 Å². The maximum Gasteiger partial charge on any atom is 0.466 e. The van der Waals surface area contributed by atoms with Crippen molar-refractivity contribution in [3.05, 3.63) is 44.5 Å². The van der Waals surface area contributed by atoms with Gasteiger partial charge in [-0.15, -0.1) is 0 Å². The summed E-state index contributed by atoms with van der Waals surface area (Å²) in [6.07, 6.45) is 0. The number of nitro benzene ring substituents is 2. The molecule has 0 saturated carbocycles. The van der Waals surface area contributed by atoms with Gasteiger partial charge in [-0.3, -0.25) is 20.2 Å². The molecule has 0 unspecified atom stereocenters. The quantitative estimate of drug-likeness (QED) is 0.397. The molecule has 0 bridgehead atoms. The SMILES string of the molecule is O=P(O)(O)O.O=[N+]([O-])c1ccccc1[N+](=O)[O-]. The van der Waals surface area contributed by atoms with Gasteiger partial charge in [0.05, 0.1) is 9.85 Å². The summed E-state index contributed by atoms with van der Waals surface area (Å²) in [4.78, 5) is 40.5. The summed E-state index contributed by atoms with van der Waals surface area (Å²) >= 11 is 0. The van der Waals surface area contributed by atoms with E-state index in [4.69, 9.17) is 19.2 Å². The van der Waals surface area contributed by atoms with Crippen LogP contribution in [0.25, 0.3) is 0 Å². The Hall–Kier alpha value is -1.87. The number of benzene rings is 1. The first kappa shape index (κ1) is 15.1. The fourth-order valence-electron chi connectivity index (χ4n) is 0.773. The van der Waals surface area contributed by atoms with Crippen molar-refractivity contribution in [1.29, 1.82) is 0 Å². The van der Waals surface area contributed by atoms with Crippen LogP contribution in [0.15, 0.2) is 24.3 Å². The Morgan fingerprint density at radius 3 is 1.35 bits per heavy atom. The Bertz CT molecular complexity index is 428. The Kier molecular flexibility index (Phi) is 5.35. The molecule has 0 atom stereocenters. The van der Waals surface area contributed by atoms with Crippen molar-refractivity contribution < 1.29 is 29.1 Å². The molecular weight excluding hydrogens is 259 g/mol. The van der Waals surface area contributed by atoms with Crippen molar-refractivity contribution in [3.8, 4) is 0 Å². The number of hydrogen-bond acceptors (Lipinski definition) is 5. The molecule has 1 rings (SSSR count). The van der Waals surface area contributed by atoms with Crippen molar-refractivity contribution in [1.82, 2.24) is 0 Å². The summed E-state index contributed by atoms with van der Waals surface area (Å²) in [5.41, 5.74) is -0.968. The van der Waals surface area contributed by atoms with Crippen LogP contribution in [0.1, 0.15) is 0 Å². The van der Waals surface area contributed by atoms with Crippen LogP contribution in [-0.4, -0.2) is 24.5 Å². The molecule has 0 aliphatic carbocycles. The minimum atomic E-state index is -4.64. The van der Waals surface area contributed by atoms with Crippen LogP contribution in [0, 0.1) is 20.2 Å². The number of rotatable bonds is 2. The third-order valence-electron chi connectivity index (χ3n) is 1.28. The van der Waals surface area contributed by atoms with E-state index in [-0.39, 0.29) is 0 Å². The van der Waals surface area contributed by atoms with E-state index in [9.17, 15) is 20.2 Å². The predicted octanol–water partition coefficient (Wildman–Crippen LogP) is 0.574. The molecule has 0 amide bonds. The van der Waals surface area contributed by atoms with Crippen molar-refractivity contribution >= 4 is 19.2 Å². The second kappa shape index (κ2) is 6.01. The average molecular weight is 266 g/mol. The minimum Gasteiger partial charge on any atom is -0.303 e. The summed E-state index contributed by atoms with van der Waals surface area (Å²) < 4.78 is 8.88. The highest BCUT2D eigenvalue weighted by atomic mass is 31.2. The highest BCUT2D eigenvalue weighted by Gasteiger charge is 2.21. The molecular formula is C6H7N2O8P. The van der Waals surface area contributed by atoms with Gasteiger partial charge in [0.1, 0.15) is 0 Å². The lowest BCUT2D eigenvalue weighted by Crippen LogP contribution is -1.95. The second-order valence-electron chi connectivity index (χ2n) is 2.52. The summed E-state index contributed by atoms with van der Waals surface area (Å²) in [5, 5.41) is 20.5. The van der Waals surface area contributed by atoms with E-state index in [1.54, 1.807) is 0 Å². The van der Waals surface area contributed by atoms with Gasteiger partial charge in [-0.05, 0) is 0 Å². The lowest BCUT2D eigenvalue weighted by atomic mass is 10.3. The van der Waals surface area contributed by atoms with Gasteiger partial charge in [-0.2, -0.15) is 0 Å². The number of phosphoric acid groups is 1. The maximum absolute atomic E-state index is 10.2. The first-order chi connectivity index (χ1) is 7.63. The summed E-state index contributed by atoms with van der Waals surface area (Å²) in [5.74, 6) is 0. The predicted molar refractivity (Wildman–Crippen MR) is 54.0 cm³/mol. The monoisotopic (exact) mass is 266 g/mol. The first-order valence-corrected chi connectivity index (χ1v) is 5.35. The molecule has 0 aliphatic rings. The van der Waals surface area contributed by atoms with E-state index in [0.29, 0.717) is 0 Å². The number of para-hydroxylation sites is 2. The van der Waals surface area contributed by atoms with Crippen LogP contribution in [-0.2, 0) is 4.57 Å². The molecule has 0 spiro atoms. The third-order valence-corrected chi connectivity index (χ3v) is 1.28. The van der Waals surface area contributed by atoms with E-state index in [1.807, 2.05) is 0 Å². The first-order valence-electron chi connectivity index (χ1n) is 3.79. The van der Waals surface area contributed by atoms with Crippen LogP contribution in [0.4, 0.5) is 11.4 Å². The van der Waals surface area contributed by atoms with Crippen LogP contribution in [0.2, 0.25) is 0 Å². The maximum atomic E-state index is 10.2. The lowest BCUT2D eigenvalue weighted by Gasteiger charge is -1.91. The van der Waals surface area contributed by atoms with Gasteiger partial charge in [0, 0.05) is 12.1 Å². The molecule has 17 heavy (non-hydrogen) atoms. The van der Waals surface area contributed by atoms with Crippen molar-refractivity contribution in [2.45, 2.75) is 0 Å². The Morgan fingerprint density at radius 2 is 1.18 bits per heavy atom. The Balaban J connectivity index is 0.000000437. The van der Waals surface area contributed by atoms with E-state index in [2.05, 4.69) is 0 Å². The second-order valence-corrected chi connectivity index (χ2v) is 3.54. The largest absolute Gasteiger partial charge is 0.466 e. The molecule has 0 radical (unpaired) electrons. The van der Waals surface area contributed by atoms with Crippen LogP contribution < -0.4 is 0 Å². The van der Waals surface area contributed by atoms with E-state index in [1.165, 1.54) is 12.1 Å². The molecule has 3 N–H and O–H groups in total. The van der Waals surface area contributed by atoms with Crippen molar-refractivity contribution in [2.75, 3.05) is 0 Å². The highest BCUT2D eigenvalue weighted by Crippen LogP contribution is 2.26. The van der Waals surface area contributed by atoms with E-state index in [0.717, 1.165) is 12.1 Å². The zero-order valence-corrected chi connectivity index (χ0v) is 8.93. The fourth-order valence-corrected chi connectivity index (χ4v) is 0.773. The normalized spacial score (nSPS) is 10.1. The van der Waals surface area contributed by atoms with Crippen LogP contribution in [0.3, 0.4) is 0 Å². The zero-order chi connectivity index (χ0) is 13.6. The van der Waals surface area contributed by atoms with Gasteiger partial charge < -0.3 is 14.7 Å². The average Bonchev–Trinajstić information content (AvgIpc) is 2.15. The number of nitrogens with zero attached hydrogens (tertiary/aromatic N) is 2. The van der Waals surface area contributed by atoms with E-state index >= 15 is 0 Å². The van der Waals surface area contributed by atoms with Gasteiger partial charge in [0.2, 0.25) is 0 Å². The molecule has 0 saturated heterocycles. The third kappa shape index (κ3) is 7.09. The topological polar surface area (TPSA) is 164 Å². The lowest BCUT2D eigenvalue weighted by molar-refractivity contribution is -0.422. The van der Waals surface area contributed by atoms with Crippen LogP contribution in [0.5, 0.6) is 0 Å². The molecule has 0 fully saturated rings. The Labute approximate surface area is 93.7 Å². The van der Waals surface area contributed by atoms with Gasteiger partial charge in [0.25, 0.3) is 0 Å². The smallest absolute Gasteiger partial charge is 0.303 e. The molecule has 1 aromatic rings. The van der Waals surface area contributed by atoms with Gasteiger partial charge in [0.15, 0.2) is 0 Å². The van der Waals surface area contributed by atoms with Crippen molar-refractivity contribution in [2.24, 2.45) is 0 Å². The molecule has 11 heteroatoms.